The van der Waals surface area contributed by atoms with E-state index >= 15 is 0 Å². The average Bonchev–Trinajstić information content (AvgIpc) is 3.35. The number of carboxylic acid groups (broad SMARTS) is 1. The molecule has 2 N–H and O–H groups in total. The van der Waals surface area contributed by atoms with Crippen molar-refractivity contribution in [1.29, 1.82) is 0 Å². The lowest BCUT2D eigenvalue weighted by molar-refractivity contribution is -0.274. The number of aliphatic carboxylic acids is 1. The second kappa shape index (κ2) is 11.4. The van der Waals surface area contributed by atoms with E-state index in [9.17, 15) is 41.0 Å². The summed E-state index contributed by atoms with van der Waals surface area (Å²) >= 11 is 0. The molecule has 41 heavy (non-hydrogen) atoms. The number of benzene rings is 3. The van der Waals surface area contributed by atoms with E-state index in [1.54, 1.807) is 31.2 Å². The highest BCUT2D eigenvalue weighted by Gasteiger charge is 2.41. The van der Waals surface area contributed by atoms with Gasteiger partial charge in [0.1, 0.15) is 11.8 Å². The highest BCUT2D eigenvalue weighted by atomic mass is 19.4. The van der Waals surface area contributed by atoms with Gasteiger partial charge in [0.25, 0.3) is 5.91 Å². The SMILES string of the molecule is Cc1ccc(-n2ncc(C(=O)NC(Cc3ccc(-c4ccc(OC(F)(F)F)cc4)cc3)C(=O)O)c2C(F)(F)F)cc1. The average molecular weight is 577 g/mol. The quantitative estimate of drug-likeness (QED) is 0.244. The fraction of sp³-hybridized carbons (Fsp3) is 0.179. The van der Waals surface area contributed by atoms with Gasteiger partial charge >= 0.3 is 18.5 Å². The van der Waals surface area contributed by atoms with Gasteiger partial charge in [-0.3, -0.25) is 4.79 Å². The highest BCUT2D eigenvalue weighted by Crippen LogP contribution is 2.34. The number of carbonyl (C=O) groups is 2. The maximum atomic E-state index is 14.0. The summed E-state index contributed by atoms with van der Waals surface area (Å²) in [7, 11) is 0. The van der Waals surface area contributed by atoms with E-state index in [1.165, 1.54) is 36.4 Å². The molecule has 1 amide bonds. The highest BCUT2D eigenvalue weighted by molar-refractivity contribution is 5.97. The first-order valence-corrected chi connectivity index (χ1v) is 11.9. The first-order valence-electron chi connectivity index (χ1n) is 11.9. The molecule has 1 aromatic heterocycles. The van der Waals surface area contributed by atoms with E-state index in [0.29, 0.717) is 21.4 Å². The first-order chi connectivity index (χ1) is 19.2. The van der Waals surface area contributed by atoms with Crippen molar-refractivity contribution < 1.29 is 45.8 Å². The third-order valence-corrected chi connectivity index (χ3v) is 5.98. The fourth-order valence-corrected chi connectivity index (χ4v) is 4.02. The van der Waals surface area contributed by atoms with Gasteiger partial charge in [0, 0.05) is 6.42 Å². The number of nitrogens with one attached hydrogen (secondary N) is 1. The van der Waals surface area contributed by atoms with Crippen molar-refractivity contribution in [3.63, 3.8) is 0 Å². The molecule has 0 spiro atoms. The van der Waals surface area contributed by atoms with Crippen LogP contribution in [0.2, 0.25) is 0 Å². The summed E-state index contributed by atoms with van der Waals surface area (Å²) in [4.78, 5) is 24.7. The summed E-state index contributed by atoms with van der Waals surface area (Å²) in [5.74, 6) is -3.13. The standard InChI is InChI=1S/C28H21F6N3O4/c1-16-2-10-20(11-3-16)37-24(27(29,30)31)22(15-35-37)25(38)36-23(26(39)40)14-17-4-6-18(7-5-17)19-8-12-21(13-9-19)41-28(32,33)34/h2-13,15,23H,14H2,1H3,(H,36,38)(H,39,40). The van der Waals surface area contributed by atoms with Gasteiger partial charge in [-0.1, -0.05) is 54.1 Å². The van der Waals surface area contributed by atoms with Gasteiger partial charge in [-0.2, -0.15) is 18.3 Å². The van der Waals surface area contributed by atoms with Crippen LogP contribution in [0.25, 0.3) is 16.8 Å². The molecule has 0 bridgehead atoms. The summed E-state index contributed by atoms with van der Waals surface area (Å²) in [5, 5.41) is 15.5. The summed E-state index contributed by atoms with van der Waals surface area (Å²) < 4.78 is 83.4. The van der Waals surface area contributed by atoms with Crippen LogP contribution < -0.4 is 10.1 Å². The minimum atomic E-state index is -4.97. The predicted octanol–water partition coefficient (Wildman–Crippen LogP) is 6.19. The fourth-order valence-electron chi connectivity index (χ4n) is 4.02. The molecule has 0 aliphatic heterocycles. The van der Waals surface area contributed by atoms with Gasteiger partial charge < -0.3 is 15.2 Å². The third-order valence-electron chi connectivity index (χ3n) is 5.98. The molecular weight excluding hydrogens is 556 g/mol. The molecule has 0 aliphatic rings. The van der Waals surface area contributed by atoms with Crippen LogP contribution in [-0.4, -0.2) is 39.2 Å². The van der Waals surface area contributed by atoms with Crippen LogP contribution in [-0.2, 0) is 17.4 Å². The Morgan fingerprint density at radius 3 is 1.98 bits per heavy atom. The molecular formula is C28H21F6N3O4. The molecule has 0 fully saturated rings. The van der Waals surface area contributed by atoms with Crippen molar-refractivity contribution in [2.45, 2.75) is 31.9 Å². The number of halogens is 6. The van der Waals surface area contributed by atoms with Crippen molar-refractivity contribution in [2.24, 2.45) is 0 Å². The van der Waals surface area contributed by atoms with E-state index in [4.69, 9.17) is 0 Å². The van der Waals surface area contributed by atoms with Gasteiger partial charge in [-0.15, -0.1) is 13.2 Å². The van der Waals surface area contributed by atoms with E-state index in [-0.39, 0.29) is 12.1 Å². The van der Waals surface area contributed by atoms with Crippen LogP contribution in [0.5, 0.6) is 5.75 Å². The molecule has 0 saturated carbocycles. The van der Waals surface area contributed by atoms with E-state index in [2.05, 4.69) is 15.2 Å². The number of carbonyl (C=O) groups excluding carboxylic acids is 1. The normalized spacial score (nSPS) is 12.6. The summed E-state index contributed by atoms with van der Waals surface area (Å²) in [5.41, 5.74) is 0.278. The Balaban J connectivity index is 1.50. The number of alkyl halides is 6. The summed E-state index contributed by atoms with van der Waals surface area (Å²) in [6.07, 6.45) is -9.32. The third kappa shape index (κ3) is 7.24. The topological polar surface area (TPSA) is 93.5 Å². The molecule has 13 heteroatoms. The van der Waals surface area contributed by atoms with Crippen molar-refractivity contribution in [3.8, 4) is 22.6 Å². The van der Waals surface area contributed by atoms with Gasteiger partial charge in [0.15, 0.2) is 5.69 Å². The number of aryl methyl sites for hydroxylation is 1. The molecule has 1 unspecified atom stereocenters. The maximum absolute atomic E-state index is 14.0. The largest absolute Gasteiger partial charge is 0.573 e. The number of hydrogen-bond acceptors (Lipinski definition) is 4. The molecule has 0 saturated heterocycles. The van der Waals surface area contributed by atoms with Crippen LogP contribution in [0, 0.1) is 6.92 Å². The molecule has 1 atom stereocenters. The number of aromatic nitrogens is 2. The Labute approximate surface area is 229 Å². The zero-order valence-electron chi connectivity index (χ0n) is 21.1. The molecule has 7 nitrogen and oxygen atoms in total. The Kier molecular flexibility index (Phi) is 8.08. The summed E-state index contributed by atoms with van der Waals surface area (Å²) in [6, 6.07) is 15.8. The van der Waals surface area contributed by atoms with Crippen LogP contribution >= 0.6 is 0 Å². The number of ether oxygens (including phenoxy) is 1. The Hall–Kier alpha value is -4.81. The van der Waals surface area contributed by atoms with Crippen LogP contribution in [0.1, 0.15) is 27.2 Å². The van der Waals surface area contributed by atoms with Gasteiger partial charge in [0.05, 0.1) is 17.4 Å². The van der Waals surface area contributed by atoms with Crippen molar-refractivity contribution in [2.75, 3.05) is 0 Å². The van der Waals surface area contributed by atoms with E-state index < -0.39 is 47.5 Å². The number of carboxylic acids is 1. The van der Waals surface area contributed by atoms with Crippen LogP contribution in [0.3, 0.4) is 0 Å². The van der Waals surface area contributed by atoms with E-state index in [1.807, 2.05) is 0 Å². The minimum absolute atomic E-state index is 0.0689. The number of nitrogens with zero attached hydrogens (tertiary/aromatic N) is 2. The first kappa shape index (κ1) is 29.2. The van der Waals surface area contributed by atoms with Gasteiger partial charge in [-0.05, 0) is 47.9 Å². The van der Waals surface area contributed by atoms with Crippen LogP contribution in [0.4, 0.5) is 26.3 Å². The molecule has 1 heterocycles. The lowest BCUT2D eigenvalue weighted by atomic mass is 10.0. The van der Waals surface area contributed by atoms with Crippen molar-refractivity contribution in [1.82, 2.24) is 15.1 Å². The second-order valence-corrected chi connectivity index (χ2v) is 8.99. The molecule has 0 aliphatic carbocycles. The lowest BCUT2D eigenvalue weighted by Crippen LogP contribution is -2.42. The van der Waals surface area contributed by atoms with Crippen molar-refractivity contribution >= 4 is 11.9 Å². The van der Waals surface area contributed by atoms with Crippen molar-refractivity contribution in [3.05, 3.63) is 101 Å². The predicted molar refractivity (Wildman–Crippen MR) is 134 cm³/mol. The molecule has 214 valence electrons. The second-order valence-electron chi connectivity index (χ2n) is 8.99. The summed E-state index contributed by atoms with van der Waals surface area (Å²) in [6.45, 7) is 1.75. The Morgan fingerprint density at radius 2 is 1.46 bits per heavy atom. The van der Waals surface area contributed by atoms with E-state index in [0.717, 1.165) is 23.9 Å². The van der Waals surface area contributed by atoms with Crippen LogP contribution in [0.15, 0.2) is 79.0 Å². The monoisotopic (exact) mass is 577 g/mol. The Bertz CT molecular complexity index is 1530. The number of amides is 1. The van der Waals surface area contributed by atoms with Gasteiger partial charge in [-0.25, -0.2) is 9.48 Å². The van der Waals surface area contributed by atoms with Gasteiger partial charge in [0.2, 0.25) is 0 Å². The zero-order chi connectivity index (χ0) is 29.9. The molecule has 4 aromatic rings. The maximum Gasteiger partial charge on any atom is 0.573 e. The Morgan fingerprint density at radius 1 is 0.902 bits per heavy atom. The molecule has 3 aromatic carbocycles. The number of rotatable bonds is 8. The minimum Gasteiger partial charge on any atom is -0.480 e. The zero-order valence-corrected chi connectivity index (χ0v) is 21.1. The molecule has 4 rings (SSSR count). The smallest absolute Gasteiger partial charge is 0.480 e. The molecule has 0 radical (unpaired) electrons. The lowest BCUT2D eigenvalue weighted by Gasteiger charge is -2.16. The number of hydrogen-bond donors (Lipinski definition) is 2.